The minimum atomic E-state index is -0.420. The van der Waals surface area contributed by atoms with E-state index < -0.39 is 18.3 Å². The molecule has 0 bridgehead atoms. The first-order valence-corrected chi connectivity index (χ1v) is 21.7. The largest absolute Gasteiger partial charge is 0.494 e. The van der Waals surface area contributed by atoms with Gasteiger partial charge in [-0.1, -0.05) is 152 Å². The van der Waals surface area contributed by atoms with Crippen molar-refractivity contribution in [3.8, 4) is 73.2 Å². The number of aromatic nitrogens is 5. The molecule has 3 heterocycles. The zero-order chi connectivity index (χ0) is 43.4. The lowest BCUT2D eigenvalue weighted by atomic mass is 9.78. The molecule has 1 saturated heterocycles. The van der Waals surface area contributed by atoms with Crippen LogP contribution in [-0.2, 0) is 9.31 Å². The molecule has 0 amide bonds. The molecule has 1 aliphatic heterocycles. The summed E-state index contributed by atoms with van der Waals surface area (Å²) in [7, 11) is -0.420. The molecule has 8 heteroatoms. The second-order valence-corrected chi connectivity index (χ2v) is 17.5. The topological polar surface area (TPSA) is 75.0 Å². The number of benzene rings is 8. The van der Waals surface area contributed by atoms with Crippen LogP contribution in [0.1, 0.15) is 27.7 Å². The summed E-state index contributed by atoms with van der Waals surface area (Å²) in [4.78, 5) is 14.8. The first-order chi connectivity index (χ1) is 31.2. The van der Waals surface area contributed by atoms with Crippen LogP contribution in [0.15, 0.2) is 194 Å². The summed E-state index contributed by atoms with van der Waals surface area (Å²) in [6, 6.07) is 65.3. The van der Waals surface area contributed by atoms with Crippen LogP contribution in [0, 0.1) is 0 Å². The van der Waals surface area contributed by atoms with Crippen LogP contribution in [0.5, 0.6) is 0 Å². The van der Waals surface area contributed by atoms with Gasteiger partial charge >= 0.3 is 7.12 Å². The van der Waals surface area contributed by atoms with Crippen LogP contribution in [0.3, 0.4) is 0 Å². The molecule has 7 nitrogen and oxygen atoms in total. The lowest BCUT2D eigenvalue weighted by Gasteiger charge is -2.32. The van der Waals surface area contributed by atoms with Gasteiger partial charge in [0.1, 0.15) is 0 Å². The van der Waals surface area contributed by atoms with Crippen LogP contribution in [0.25, 0.3) is 94.9 Å². The SMILES string of the molecule is CC1(C)OB(c2cccc(-c3ccc4ccc5c(cnn5-c5cccc(-c6cccc(-c7cccc(-c8nc(-c9ccccc9)nc(-c9ccccc9)n8)c7)c6)c5)c4c3)c2)OC1(C)C. The van der Waals surface area contributed by atoms with E-state index in [0.717, 1.165) is 82.9 Å². The van der Waals surface area contributed by atoms with Crippen molar-refractivity contribution in [3.63, 3.8) is 0 Å². The number of hydrogen-bond acceptors (Lipinski definition) is 6. The molecule has 11 rings (SSSR count). The quantitative estimate of drug-likeness (QED) is 0.142. The Labute approximate surface area is 373 Å². The molecule has 0 aliphatic carbocycles. The van der Waals surface area contributed by atoms with Crippen LogP contribution in [0.4, 0.5) is 0 Å². The Hall–Kier alpha value is -7.52. The average Bonchev–Trinajstić information content (AvgIpc) is 3.88. The third-order valence-electron chi connectivity index (χ3n) is 12.8. The van der Waals surface area contributed by atoms with Crippen LogP contribution >= 0.6 is 0 Å². The van der Waals surface area contributed by atoms with Crippen LogP contribution in [0.2, 0.25) is 0 Å². The van der Waals surface area contributed by atoms with Gasteiger partial charge in [0.2, 0.25) is 0 Å². The summed E-state index contributed by atoms with van der Waals surface area (Å²) in [6.45, 7) is 8.35. The minimum absolute atomic E-state index is 0.404. The molecular weight excluding hydrogens is 785 g/mol. The fourth-order valence-corrected chi connectivity index (χ4v) is 8.53. The van der Waals surface area contributed by atoms with Gasteiger partial charge in [-0.2, -0.15) is 5.10 Å². The molecule has 0 atom stereocenters. The number of rotatable bonds is 8. The second kappa shape index (κ2) is 15.7. The van der Waals surface area contributed by atoms with E-state index in [1.165, 1.54) is 0 Å². The van der Waals surface area contributed by atoms with Crippen LogP contribution < -0.4 is 5.46 Å². The minimum Gasteiger partial charge on any atom is -0.399 e. The van der Waals surface area contributed by atoms with Crippen LogP contribution in [-0.4, -0.2) is 43.1 Å². The van der Waals surface area contributed by atoms with Gasteiger partial charge in [0.25, 0.3) is 0 Å². The summed E-state index contributed by atoms with van der Waals surface area (Å²) in [6.07, 6.45) is 1.99. The standard InChI is InChI=1S/C56H44BN5O2/c1-55(2)56(3,4)64-57(63-55)47-25-13-22-43(33-47)45-28-27-37-29-30-51-50(49(37)35-45)36-58-62(51)48-26-14-23-44(34-48)41-20-11-19-40(31-41)42-21-12-24-46(32-42)54-60-52(38-15-7-5-8-16-38)59-53(61-54)39-17-9-6-10-18-39/h5-36H,1-4H3. The van der Waals surface area contributed by atoms with Gasteiger partial charge in [0, 0.05) is 22.1 Å². The summed E-state index contributed by atoms with van der Waals surface area (Å²) in [5.41, 5.74) is 11.7. The Morgan fingerprint density at radius 2 is 0.875 bits per heavy atom. The summed E-state index contributed by atoms with van der Waals surface area (Å²) >= 11 is 0. The van der Waals surface area contributed by atoms with Crippen molar-refractivity contribution in [1.82, 2.24) is 24.7 Å². The Bertz CT molecular complexity index is 3290. The van der Waals surface area contributed by atoms with E-state index >= 15 is 0 Å². The third kappa shape index (κ3) is 7.26. The highest BCUT2D eigenvalue weighted by atomic mass is 16.7. The second-order valence-electron chi connectivity index (χ2n) is 17.5. The van der Waals surface area contributed by atoms with E-state index in [0.29, 0.717) is 17.5 Å². The van der Waals surface area contributed by atoms with Gasteiger partial charge in [-0.3, -0.25) is 0 Å². The van der Waals surface area contributed by atoms with Gasteiger partial charge in [-0.25, -0.2) is 19.6 Å². The maximum atomic E-state index is 6.39. The average molecular weight is 830 g/mol. The predicted octanol–water partition coefficient (Wildman–Crippen LogP) is 12.7. The van der Waals surface area contributed by atoms with Gasteiger partial charge in [-0.15, -0.1) is 0 Å². The highest BCUT2D eigenvalue weighted by molar-refractivity contribution is 6.62. The van der Waals surface area contributed by atoms with E-state index in [-0.39, 0.29) is 0 Å². The molecule has 0 N–H and O–H groups in total. The molecule has 64 heavy (non-hydrogen) atoms. The van der Waals surface area contributed by atoms with Crippen molar-refractivity contribution in [1.29, 1.82) is 0 Å². The maximum absolute atomic E-state index is 6.39. The highest BCUT2D eigenvalue weighted by Crippen LogP contribution is 2.38. The van der Waals surface area contributed by atoms with Crippen molar-refractivity contribution in [2.24, 2.45) is 0 Å². The molecule has 8 aromatic carbocycles. The lowest BCUT2D eigenvalue weighted by Crippen LogP contribution is -2.41. The highest BCUT2D eigenvalue weighted by Gasteiger charge is 2.51. The first kappa shape index (κ1) is 39.3. The van der Waals surface area contributed by atoms with E-state index in [1.54, 1.807) is 0 Å². The van der Waals surface area contributed by atoms with E-state index in [1.807, 2.05) is 71.5 Å². The zero-order valence-electron chi connectivity index (χ0n) is 36.1. The van der Waals surface area contributed by atoms with Crippen molar-refractivity contribution >= 4 is 34.3 Å². The monoisotopic (exact) mass is 829 g/mol. The molecule has 0 radical (unpaired) electrons. The van der Waals surface area contributed by atoms with Crippen molar-refractivity contribution < 1.29 is 9.31 Å². The van der Waals surface area contributed by atoms with Crippen molar-refractivity contribution in [2.75, 3.05) is 0 Å². The molecule has 0 spiro atoms. The Morgan fingerprint density at radius 3 is 1.50 bits per heavy atom. The maximum Gasteiger partial charge on any atom is 0.494 e. The third-order valence-corrected chi connectivity index (χ3v) is 12.8. The van der Waals surface area contributed by atoms with Crippen molar-refractivity contribution in [2.45, 2.75) is 38.9 Å². The number of hydrogen-bond donors (Lipinski definition) is 0. The fraction of sp³-hybridized carbons (Fsp3) is 0.107. The number of fused-ring (bicyclic) bond motifs is 3. The molecule has 1 fully saturated rings. The Balaban J connectivity index is 0.901. The number of nitrogens with zero attached hydrogens (tertiary/aromatic N) is 5. The zero-order valence-corrected chi connectivity index (χ0v) is 36.1. The molecule has 308 valence electrons. The van der Waals surface area contributed by atoms with E-state index in [4.69, 9.17) is 29.4 Å². The van der Waals surface area contributed by atoms with Gasteiger partial charge in [0.15, 0.2) is 17.5 Å². The molecule has 1 aliphatic rings. The normalized spacial score (nSPS) is 14.3. The lowest BCUT2D eigenvalue weighted by molar-refractivity contribution is 0.00578. The Kier molecular flexibility index (Phi) is 9.64. The first-order valence-electron chi connectivity index (χ1n) is 21.7. The molecule has 0 saturated carbocycles. The Morgan fingerprint density at radius 1 is 0.406 bits per heavy atom. The fourth-order valence-electron chi connectivity index (χ4n) is 8.53. The molecule has 0 unspecified atom stereocenters. The predicted molar refractivity (Wildman–Crippen MR) is 260 cm³/mol. The van der Waals surface area contributed by atoms with Gasteiger partial charge in [-0.05, 0) is 114 Å². The van der Waals surface area contributed by atoms with E-state index in [9.17, 15) is 0 Å². The summed E-state index contributed by atoms with van der Waals surface area (Å²) in [5.74, 6) is 1.90. The molecular formula is C56H44BN5O2. The molecule has 10 aromatic rings. The summed E-state index contributed by atoms with van der Waals surface area (Å²) in [5, 5.41) is 8.38. The summed E-state index contributed by atoms with van der Waals surface area (Å²) < 4.78 is 14.8. The molecule has 2 aromatic heterocycles. The van der Waals surface area contributed by atoms with Crippen molar-refractivity contribution in [3.05, 3.63) is 194 Å². The smallest absolute Gasteiger partial charge is 0.399 e. The van der Waals surface area contributed by atoms with E-state index in [2.05, 4.69) is 155 Å². The van der Waals surface area contributed by atoms with Gasteiger partial charge < -0.3 is 9.31 Å². The van der Waals surface area contributed by atoms with Gasteiger partial charge in [0.05, 0.1) is 28.6 Å².